The largest absolute Gasteiger partial charge is 0.469 e. The quantitative estimate of drug-likeness (QED) is 0.642. The fourth-order valence-corrected chi connectivity index (χ4v) is 1.12. The van der Waals surface area contributed by atoms with Gasteiger partial charge in [0.05, 0.1) is 12.0 Å². The highest BCUT2D eigenvalue weighted by Crippen LogP contribution is 2.06. The summed E-state index contributed by atoms with van der Waals surface area (Å²) < 4.78 is 25.1. The van der Waals surface area contributed by atoms with Crippen LogP contribution in [-0.2, 0) is 16.5 Å². The number of hydrogen-bond acceptors (Lipinski definition) is 3. The second-order valence-electron chi connectivity index (χ2n) is 1.91. The standard InChI is InChI=1S/C6H7O3S/c1-5-2-6(3-9-5)4-10(7)8/h2-3,10H,1,4H2. The van der Waals surface area contributed by atoms with Crippen molar-refractivity contribution in [3.63, 3.8) is 0 Å². The van der Waals surface area contributed by atoms with Crippen molar-refractivity contribution in [1.29, 1.82) is 0 Å². The van der Waals surface area contributed by atoms with Gasteiger partial charge in [-0.3, -0.25) is 0 Å². The van der Waals surface area contributed by atoms with Crippen molar-refractivity contribution in [2.75, 3.05) is 0 Å². The number of hydrogen-bond donors (Lipinski definition) is 1. The Kier molecular flexibility index (Phi) is 2.11. The van der Waals surface area contributed by atoms with Crippen LogP contribution < -0.4 is 0 Å². The first-order chi connectivity index (χ1) is 4.68. The van der Waals surface area contributed by atoms with Crippen molar-refractivity contribution in [1.82, 2.24) is 0 Å². The molecule has 0 spiro atoms. The molecule has 0 fully saturated rings. The zero-order chi connectivity index (χ0) is 7.56. The first kappa shape index (κ1) is 7.34. The van der Waals surface area contributed by atoms with Gasteiger partial charge in [0.1, 0.15) is 16.5 Å². The Labute approximate surface area is 60.6 Å². The third-order valence-electron chi connectivity index (χ3n) is 1.02. The van der Waals surface area contributed by atoms with E-state index in [0.29, 0.717) is 11.3 Å². The van der Waals surface area contributed by atoms with E-state index < -0.39 is 10.7 Å². The van der Waals surface area contributed by atoms with Crippen LogP contribution >= 0.6 is 0 Å². The van der Waals surface area contributed by atoms with E-state index in [0.717, 1.165) is 0 Å². The molecule has 1 heterocycles. The Morgan fingerprint density at radius 2 is 2.30 bits per heavy atom. The molecule has 4 heteroatoms. The van der Waals surface area contributed by atoms with Crippen LogP contribution in [0.15, 0.2) is 16.7 Å². The monoisotopic (exact) mass is 159 g/mol. The van der Waals surface area contributed by atoms with Gasteiger partial charge in [0.2, 0.25) is 0 Å². The van der Waals surface area contributed by atoms with Crippen molar-refractivity contribution in [3.05, 3.63) is 30.6 Å². The Morgan fingerprint density at radius 3 is 2.70 bits per heavy atom. The van der Waals surface area contributed by atoms with E-state index in [9.17, 15) is 8.42 Å². The highest BCUT2D eigenvalue weighted by molar-refractivity contribution is 7.71. The lowest BCUT2D eigenvalue weighted by molar-refractivity contribution is 0.546. The van der Waals surface area contributed by atoms with Crippen LogP contribution in [0.3, 0.4) is 0 Å². The summed E-state index contributed by atoms with van der Waals surface area (Å²) in [5.41, 5.74) is 0.654. The van der Waals surface area contributed by atoms with Crippen LogP contribution in [0.1, 0.15) is 11.3 Å². The fraction of sp³-hybridized carbons (Fsp3) is 0.167. The molecule has 1 radical (unpaired) electrons. The molecule has 0 bridgehead atoms. The van der Waals surface area contributed by atoms with E-state index >= 15 is 0 Å². The van der Waals surface area contributed by atoms with E-state index in [2.05, 4.69) is 6.92 Å². The van der Waals surface area contributed by atoms with Crippen LogP contribution in [0.2, 0.25) is 0 Å². The average molecular weight is 159 g/mol. The molecule has 0 aliphatic carbocycles. The van der Waals surface area contributed by atoms with Gasteiger partial charge in [0.15, 0.2) is 0 Å². The SMILES string of the molecule is [CH2]c1cc(C[SH](=O)=O)co1. The van der Waals surface area contributed by atoms with Crippen LogP contribution in [0.5, 0.6) is 0 Å². The predicted octanol–water partition coefficient (Wildman–Crippen LogP) is 0.573. The van der Waals surface area contributed by atoms with Crippen molar-refractivity contribution >= 4 is 10.7 Å². The zero-order valence-corrected chi connectivity index (χ0v) is 6.14. The maximum atomic E-state index is 10.2. The van der Waals surface area contributed by atoms with Gasteiger partial charge < -0.3 is 4.42 Å². The van der Waals surface area contributed by atoms with Gasteiger partial charge in [0, 0.05) is 12.5 Å². The predicted molar refractivity (Wildman–Crippen MR) is 37.2 cm³/mol. The maximum absolute atomic E-state index is 10.2. The van der Waals surface area contributed by atoms with Crippen LogP contribution in [0, 0.1) is 6.92 Å². The third-order valence-corrected chi connectivity index (χ3v) is 1.64. The topological polar surface area (TPSA) is 47.3 Å². The minimum absolute atomic E-state index is 0.0361. The summed E-state index contributed by atoms with van der Waals surface area (Å²) >= 11 is 0. The van der Waals surface area contributed by atoms with Gasteiger partial charge in [-0.05, 0) is 6.07 Å². The normalized spacial score (nSPS) is 10.6. The fourth-order valence-electron chi connectivity index (χ4n) is 0.658. The highest BCUT2D eigenvalue weighted by atomic mass is 32.2. The lowest BCUT2D eigenvalue weighted by Gasteiger charge is -1.79. The van der Waals surface area contributed by atoms with E-state index in [1.165, 1.54) is 6.26 Å². The molecular weight excluding hydrogens is 152 g/mol. The van der Waals surface area contributed by atoms with Crippen molar-refractivity contribution in [2.24, 2.45) is 0 Å². The second kappa shape index (κ2) is 2.88. The molecule has 0 N–H and O–H groups in total. The molecule has 1 aromatic heterocycles. The first-order valence-electron chi connectivity index (χ1n) is 2.69. The molecular formula is C6H7O3S. The van der Waals surface area contributed by atoms with Crippen LogP contribution in [-0.4, -0.2) is 8.42 Å². The van der Waals surface area contributed by atoms with Gasteiger partial charge in [-0.1, -0.05) is 0 Å². The van der Waals surface area contributed by atoms with Gasteiger partial charge in [-0.25, -0.2) is 8.42 Å². The summed E-state index contributed by atoms with van der Waals surface area (Å²) in [4.78, 5) is 0. The summed E-state index contributed by atoms with van der Waals surface area (Å²) in [6.45, 7) is 3.48. The maximum Gasteiger partial charge on any atom is 0.144 e. The molecule has 0 aromatic carbocycles. The molecule has 1 aromatic rings. The van der Waals surface area contributed by atoms with E-state index in [1.54, 1.807) is 6.07 Å². The Hall–Kier alpha value is -0.770. The van der Waals surface area contributed by atoms with Crippen molar-refractivity contribution < 1.29 is 12.8 Å². The number of thiol groups is 1. The Balaban J connectivity index is 2.76. The Bertz CT molecular complexity index is 277. The third kappa shape index (κ3) is 1.88. The molecule has 1 rings (SSSR count). The summed E-state index contributed by atoms with van der Waals surface area (Å²) in [7, 11) is -2.35. The minimum atomic E-state index is -2.35. The lowest BCUT2D eigenvalue weighted by Crippen LogP contribution is -1.81. The Morgan fingerprint density at radius 1 is 1.60 bits per heavy atom. The van der Waals surface area contributed by atoms with E-state index in [4.69, 9.17) is 4.42 Å². The van der Waals surface area contributed by atoms with Gasteiger partial charge >= 0.3 is 0 Å². The second-order valence-corrected chi connectivity index (χ2v) is 2.89. The van der Waals surface area contributed by atoms with E-state index in [-0.39, 0.29) is 5.75 Å². The van der Waals surface area contributed by atoms with E-state index in [1.807, 2.05) is 0 Å². The lowest BCUT2D eigenvalue weighted by atomic mass is 10.3. The molecule has 0 amide bonds. The molecule has 0 unspecified atom stereocenters. The molecule has 0 saturated carbocycles. The molecule has 3 nitrogen and oxygen atoms in total. The average Bonchev–Trinajstić information content (AvgIpc) is 2.13. The van der Waals surface area contributed by atoms with Crippen LogP contribution in [0.25, 0.3) is 0 Å². The van der Waals surface area contributed by atoms with Crippen molar-refractivity contribution in [3.8, 4) is 0 Å². The molecule has 0 aliphatic rings. The molecule has 10 heavy (non-hydrogen) atoms. The summed E-state index contributed by atoms with van der Waals surface area (Å²) in [5, 5.41) is 0. The zero-order valence-electron chi connectivity index (χ0n) is 5.24. The minimum Gasteiger partial charge on any atom is -0.469 e. The molecule has 0 atom stereocenters. The highest BCUT2D eigenvalue weighted by Gasteiger charge is 1.97. The van der Waals surface area contributed by atoms with Gasteiger partial charge in [-0.2, -0.15) is 0 Å². The van der Waals surface area contributed by atoms with Crippen molar-refractivity contribution in [2.45, 2.75) is 5.75 Å². The smallest absolute Gasteiger partial charge is 0.144 e. The van der Waals surface area contributed by atoms with Gasteiger partial charge in [0.25, 0.3) is 0 Å². The number of furan rings is 1. The van der Waals surface area contributed by atoms with Crippen LogP contribution in [0.4, 0.5) is 0 Å². The molecule has 55 valence electrons. The molecule has 0 aliphatic heterocycles. The van der Waals surface area contributed by atoms with Gasteiger partial charge in [-0.15, -0.1) is 0 Å². The number of rotatable bonds is 2. The summed E-state index contributed by atoms with van der Waals surface area (Å²) in [6.07, 6.45) is 1.40. The molecule has 0 saturated heterocycles. The summed E-state index contributed by atoms with van der Waals surface area (Å²) in [5.74, 6) is 0.529. The summed E-state index contributed by atoms with van der Waals surface area (Å²) in [6, 6.07) is 1.60. The first-order valence-corrected chi connectivity index (χ1v) is 4.06.